The van der Waals surface area contributed by atoms with Gasteiger partial charge in [-0.05, 0) is 52.2 Å². The minimum atomic E-state index is 0.743. The van der Waals surface area contributed by atoms with Crippen LogP contribution in [0.15, 0.2) is 0 Å². The Labute approximate surface area is 108 Å². The summed E-state index contributed by atoms with van der Waals surface area (Å²) in [6.45, 7) is 10.5. The van der Waals surface area contributed by atoms with E-state index in [0.29, 0.717) is 0 Å². The third-order valence-corrected chi connectivity index (χ3v) is 4.14. The highest BCUT2D eigenvalue weighted by Gasteiger charge is 2.23. The molecule has 2 heteroatoms. The highest BCUT2D eigenvalue weighted by atomic mass is 15.2. The smallest absolute Gasteiger partial charge is 0.00979 e. The molecule has 1 saturated carbocycles. The lowest BCUT2D eigenvalue weighted by Gasteiger charge is -2.38. The van der Waals surface area contributed by atoms with E-state index in [1.165, 1.54) is 64.6 Å². The van der Waals surface area contributed by atoms with Crippen molar-refractivity contribution in [2.75, 3.05) is 19.6 Å². The van der Waals surface area contributed by atoms with Gasteiger partial charge in [0.25, 0.3) is 0 Å². The Bertz CT molecular complexity index is 176. The summed E-state index contributed by atoms with van der Waals surface area (Å²) in [4.78, 5) is 2.74. The van der Waals surface area contributed by atoms with E-state index in [1.54, 1.807) is 0 Å². The number of hydrogen-bond donors (Lipinski definition) is 1. The minimum absolute atomic E-state index is 0.743. The van der Waals surface area contributed by atoms with Crippen LogP contribution in [-0.4, -0.2) is 36.6 Å². The Morgan fingerprint density at radius 3 is 2.41 bits per heavy atom. The standard InChI is InChI=1S/C15H32N2/c1-4-12-16-13-11-14(3)17(5-2)15-9-7-6-8-10-15/h14-16H,4-13H2,1-3H3. The van der Waals surface area contributed by atoms with Crippen molar-refractivity contribution in [1.82, 2.24) is 10.2 Å². The topological polar surface area (TPSA) is 15.3 Å². The fourth-order valence-corrected chi connectivity index (χ4v) is 3.12. The van der Waals surface area contributed by atoms with Crippen LogP contribution in [0, 0.1) is 0 Å². The molecular formula is C15H32N2. The Balaban J connectivity index is 2.26. The maximum Gasteiger partial charge on any atom is 0.00979 e. The molecule has 0 saturated heterocycles. The van der Waals surface area contributed by atoms with Crippen molar-refractivity contribution in [3.05, 3.63) is 0 Å². The van der Waals surface area contributed by atoms with E-state index in [9.17, 15) is 0 Å². The van der Waals surface area contributed by atoms with Crippen LogP contribution in [0.4, 0.5) is 0 Å². The lowest BCUT2D eigenvalue weighted by Crippen LogP contribution is -2.43. The van der Waals surface area contributed by atoms with Crippen molar-refractivity contribution >= 4 is 0 Å². The number of hydrogen-bond acceptors (Lipinski definition) is 2. The molecule has 1 rings (SSSR count). The molecule has 102 valence electrons. The third kappa shape index (κ3) is 5.39. The summed E-state index contributed by atoms with van der Waals surface area (Å²) in [5.41, 5.74) is 0. The summed E-state index contributed by atoms with van der Waals surface area (Å²) in [6, 6.07) is 1.61. The van der Waals surface area contributed by atoms with Crippen LogP contribution >= 0.6 is 0 Å². The molecular weight excluding hydrogens is 208 g/mol. The van der Waals surface area contributed by atoms with Crippen LogP contribution in [0.3, 0.4) is 0 Å². The zero-order chi connectivity index (χ0) is 12.5. The largest absolute Gasteiger partial charge is 0.317 e. The van der Waals surface area contributed by atoms with Gasteiger partial charge in [-0.25, -0.2) is 0 Å². The molecule has 0 heterocycles. The van der Waals surface area contributed by atoms with Gasteiger partial charge in [0, 0.05) is 12.1 Å². The molecule has 0 bridgehead atoms. The fourth-order valence-electron chi connectivity index (χ4n) is 3.12. The summed E-state index contributed by atoms with van der Waals surface area (Å²) >= 11 is 0. The molecule has 0 spiro atoms. The predicted molar refractivity (Wildman–Crippen MR) is 76.5 cm³/mol. The minimum Gasteiger partial charge on any atom is -0.317 e. The average Bonchev–Trinajstić information content (AvgIpc) is 2.37. The number of nitrogens with one attached hydrogen (secondary N) is 1. The molecule has 0 aliphatic heterocycles. The second kappa shape index (κ2) is 8.93. The molecule has 1 fully saturated rings. The van der Waals surface area contributed by atoms with E-state index in [0.717, 1.165) is 12.1 Å². The third-order valence-electron chi connectivity index (χ3n) is 4.14. The monoisotopic (exact) mass is 240 g/mol. The molecule has 0 aromatic carbocycles. The fraction of sp³-hybridized carbons (Fsp3) is 1.00. The van der Waals surface area contributed by atoms with Crippen LogP contribution in [-0.2, 0) is 0 Å². The first kappa shape index (κ1) is 15.0. The van der Waals surface area contributed by atoms with Gasteiger partial charge in [-0.15, -0.1) is 0 Å². The zero-order valence-electron chi connectivity index (χ0n) is 12.2. The Hall–Kier alpha value is -0.0800. The van der Waals surface area contributed by atoms with E-state index in [-0.39, 0.29) is 0 Å². The van der Waals surface area contributed by atoms with E-state index in [4.69, 9.17) is 0 Å². The van der Waals surface area contributed by atoms with Crippen LogP contribution < -0.4 is 5.32 Å². The predicted octanol–water partition coefficient (Wildman–Crippen LogP) is 3.42. The van der Waals surface area contributed by atoms with Crippen LogP contribution in [0.25, 0.3) is 0 Å². The van der Waals surface area contributed by atoms with Crippen molar-refractivity contribution in [3.8, 4) is 0 Å². The molecule has 0 aromatic heterocycles. The molecule has 1 unspecified atom stereocenters. The second-order valence-corrected chi connectivity index (χ2v) is 5.51. The molecule has 1 N–H and O–H groups in total. The Kier molecular flexibility index (Phi) is 7.87. The summed E-state index contributed by atoms with van der Waals surface area (Å²) in [5.74, 6) is 0. The maximum absolute atomic E-state index is 3.52. The van der Waals surface area contributed by atoms with E-state index in [2.05, 4.69) is 31.0 Å². The lowest BCUT2D eigenvalue weighted by atomic mass is 9.93. The van der Waals surface area contributed by atoms with Gasteiger partial charge in [-0.1, -0.05) is 33.1 Å². The second-order valence-electron chi connectivity index (χ2n) is 5.51. The SMILES string of the molecule is CCCNCCC(C)N(CC)C1CCCCC1. The molecule has 17 heavy (non-hydrogen) atoms. The van der Waals surface area contributed by atoms with Gasteiger partial charge in [-0.2, -0.15) is 0 Å². The van der Waals surface area contributed by atoms with Gasteiger partial charge < -0.3 is 5.32 Å². The molecule has 2 nitrogen and oxygen atoms in total. The molecule has 0 aromatic rings. The number of rotatable bonds is 8. The molecule has 1 aliphatic rings. The first-order valence-electron chi connectivity index (χ1n) is 7.76. The molecule has 0 amide bonds. The van der Waals surface area contributed by atoms with Gasteiger partial charge in [0.05, 0.1) is 0 Å². The Morgan fingerprint density at radius 1 is 1.12 bits per heavy atom. The maximum atomic E-state index is 3.52. The highest BCUT2D eigenvalue weighted by molar-refractivity contribution is 4.79. The lowest BCUT2D eigenvalue weighted by molar-refractivity contribution is 0.114. The van der Waals surface area contributed by atoms with Crippen molar-refractivity contribution < 1.29 is 0 Å². The van der Waals surface area contributed by atoms with Gasteiger partial charge in [0.1, 0.15) is 0 Å². The van der Waals surface area contributed by atoms with Gasteiger partial charge >= 0.3 is 0 Å². The molecule has 0 radical (unpaired) electrons. The Morgan fingerprint density at radius 2 is 1.82 bits per heavy atom. The first-order valence-corrected chi connectivity index (χ1v) is 7.76. The molecule has 1 atom stereocenters. The van der Waals surface area contributed by atoms with Crippen molar-refractivity contribution in [2.45, 2.75) is 77.8 Å². The number of nitrogens with zero attached hydrogens (tertiary/aromatic N) is 1. The summed E-state index contributed by atoms with van der Waals surface area (Å²) in [5, 5.41) is 3.52. The van der Waals surface area contributed by atoms with Crippen LogP contribution in [0.5, 0.6) is 0 Å². The average molecular weight is 240 g/mol. The first-order chi connectivity index (χ1) is 8.29. The van der Waals surface area contributed by atoms with Crippen molar-refractivity contribution in [2.24, 2.45) is 0 Å². The van der Waals surface area contributed by atoms with Gasteiger partial charge in [0.2, 0.25) is 0 Å². The van der Waals surface area contributed by atoms with Gasteiger partial charge in [-0.3, -0.25) is 4.90 Å². The quantitative estimate of drug-likeness (QED) is 0.654. The van der Waals surface area contributed by atoms with Crippen LogP contribution in [0.2, 0.25) is 0 Å². The molecule has 1 aliphatic carbocycles. The van der Waals surface area contributed by atoms with E-state index < -0.39 is 0 Å². The summed E-state index contributed by atoms with van der Waals surface area (Å²) in [7, 11) is 0. The van der Waals surface area contributed by atoms with Gasteiger partial charge in [0.15, 0.2) is 0 Å². The van der Waals surface area contributed by atoms with Crippen molar-refractivity contribution in [3.63, 3.8) is 0 Å². The van der Waals surface area contributed by atoms with Crippen LogP contribution in [0.1, 0.15) is 65.7 Å². The van der Waals surface area contributed by atoms with E-state index in [1.807, 2.05) is 0 Å². The summed E-state index contributed by atoms with van der Waals surface area (Å²) in [6.07, 6.45) is 9.75. The summed E-state index contributed by atoms with van der Waals surface area (Å²) < 4.78 is 0. The van der Waals surface area contributed by atoms with Crippen molar-refractivity contribution in [1.29, 1.82) is 0 Å². The highest BCUT2D eigenvalue weighted by Crippen LogP contribution is 2.24. The normalized spacial score (nSPS) is 19.8. The van der Waals surface area contributed by atoms with E-state index >= 15 is 0 Å². The zero-order valence-corrected chi connectivity index (χ0v) is 12.2.